The topological polar surface area (TPSA) is 40.5 Å². The lowest BCUT2D eigenvalue weighted by Gasteiger charge is -2.32. The Kier molecular flexibility index (Phi) is 4.15. The highest BCUT2D eigenvalue weighted by molar-refractivity contribution is 5.74. The van der Waals surface area contributed by atoms with E-state index in [9.17, 15) is 9.90 Å². The molecule has 3 nitrogen and oxygen atoms in total. The van der Waals surface area contributed by atoms with E-state index in [4.69, 9.17) is 0 Å². The molecule has 1 aromatic rings. The van der Waals surface area contributed by atoms with Crippen LogP contribution in [0.4, 0.5) is 0 Å². The van der Waals surface area contributed by atoms with Crippen LogP contribution in [-0.4, -0.2) is 35.1 Å². The molecule has 0 unspecified atom stereocenters. The molecule has 1 heterocycles. The minimum atomic E-state index is -0.698. The Morgan fingerprint density at radius 3 is 2.41 bits per heavy atom. The van der Waals surface area contributed by atoms with Crippen molar-refractivity contribution in [2.45, 2.75) is 31.7 Å². The van der Waals surface area contributed by atoms with Crippen molar-refractivity contribution in [2.24, 2.45) is 0 Å². The highest BCUT2D eigenvalue weighted by Crippen LogP contribution is 2.16. The predicted octanol–water partition coefficient (Wildman–Crippen LogP) is 2.17. The first-order valence-electron chi connectivity index (χ1n) is 6.28. The van der Waals surface area contributed by atoms with Crippen LogP contribution in [0.3, 0.4) is 0 Å². The Hall–Kier alpha value is -1.35. The second kappa shape index (κ2) is 5.82. The van der Waals surface area contributed by atoms with E-state index in [1.54, 1.807) is 0 Å². The number of carbonyl (C=O) groups is 1. The molecule has 0 aliphatic carbocycles. The van der Waals surface area contributed by atoms with Gasteiger partial charge in [0.05, 0.1) is 0 Å². The van der Waals surface area contributed by atoms with Crippen molar-refractivity contribution in [3.8, 4) is 0 Å². The molecule has 1 aromatic carbocycles. The number of rotatable bonds is 4. The van der Waals surface area contributed by atoms with Gasteiger partial charge in [-0.3, -0.25) is 9.69 Å². The summed E-state index contributed by atoms with van der Waals surface area (Å²) >= 11 is 0. The quantitative estimate of drug-likeness (QED) is 0.866. The summed E-state index contributed by atoms with van der Waals surface area (Å²) in [4.78, 5) is 13.5. The third kappa shape index (κ3) is 3.30. The molecule has 0 radical (unpaired) electrons. The van der Waals surface area contributed by atoms with E-state index in [1.807, 2.05) is 30.3 Å². The summed E-state index contributed by atoms with van der Waals surface area (Å²) < 4.78 is 0. The van der Waals surface area contributed by atoms with Crippen molar-refractivity contribution < 1.29 is 9.90 Å². The molecule has 0 bridgehead atoms. The fraction of sp³-hybridized carbons (Fsp3) is 0.500. The minimum absolute atomic E-state index is 0.363. The lowest BCUT2D eigenvalue weighted by molar-refractivity contribution is -0.143. The first-order chi connectivity index (χ1) is 8.27. The van der Waals surface area contributed by atoms with Crippen LogP contribution in [-0.2, 0) is 11.2 Å². The van der Waals surface area contributed by atoms with Crippen LogP contribution in [0.2, 0.25) is 0 Å². The lowest BCUT2D eigenvalue weighted by Crippen LogP contribution is -2.45. The maximum Gasteiger partial charge on any atom is 0.321 e. The van der Waals surface area contributed by atoms with Gasteiger partial charge in [0.25, 0.3) is 0 Å². The molecular weight excluding hydrogens is 214 g/mol. The summed E-state index contributed by atoms with van der Waals surface area (Å²) in [5.41, 5.74) is 1.10. The summed E-state index contributed by atoms with van der Waals surface area (Å²) in [5.74, 6) is -0.698. The van der Waals surface area contributed by atoms with Gasteiger partial charge in [-0.25, -0.2) is 0 Å². The predicted molar refractivity (Wildman–Crippen MR) is 67.0 cm³/mol. The fourth-order valence-corrected chi connectivity index (χ4v) is 2.44. The molecule has 3 heteroatoms. The van der Waals surface area contributed by atoms with Crippen molar-refractivity contribution in [1.82, 2.24) is 4.90 Å². The summed E-state index contributed by atoms with van der Waals surface area (Å²) in [5, 5.41) is 9.35. The molecule has 92 valence electrons. The van der Waals surface area contributed by atoms with Crippen LogP contribution >= 0.6 is 0 Å². The van der Waals surface area contributed by atoms with Crippen LogP contribution in [0.5, 0.6) is 0 Å². The van der Waals surface area contributed by atoms with E-state index in [0.29, 0.717) is 6.42 Å². The Morgan fingerprint density at radius 1 is 1.18 bits per heavy atom. The molecule has 0 spiro atoms. The molecule has 2 rings (SSSR count). The number of carboxylic acid groups (broad SMARTS) is 1. The van der Waals surface area contributed by atoms with Crippen molar-refractivity contribution in [2.75, 3.05) is 13.1 Å². The number of aliphatic carboxylic acids is 1. The van der Waals surface area contributed by atoms with Gasteiger partial charge in [0, 0.05) is 0 Å². The van der Waals surface area contributed by atoms with E-state index in [0.717, 1.165) is 31.5 Å². The first kappa shape index (κ1) is 12.1. The van der Waals surface area contributed by atoms with Crippen LogP contribution in [0.1, 0.15) is 24.8 Å². The normalized spacial score (nSPS) is 18.8. The van der Waals surface area contributed by atoms with Gasteiger partial charge in [-0.05, 0) is 37.9 Å². The number of piperidine rings is 1. The van der Waals surface area contributed by atoms with E-state index < -0.39 is 5.97 Å². The molecule has 1 N–H and O–H groups in total. The minimum Gasteiger partial charge on any atom is -0.480 e. The Bertz CT molecular complexity index is 358. The zero-order valence-electron chi connectivity index (χ0n) is 10.0. The summed E-state index contributed by atoms with van der Waals surface area (Å²) in [6.07, 6.45) is 4.08. The molecule has 0 amide bonds. The molecule has 1 fully saturated rings. The molecule has 1 saturated heterocycles. The zero-order chi connectivity index (χ0) is 12.1. The van der Waals surface area contributed by atoms with Gasteiger partial charge in [-0.2, -0.15) is 0 Å². The highest BCUT2D eigenvalue weighted by Gasteiger charge is 2.26. The second-order valence-electron chi connectivity index (χ2n) is 4.64. The number of benzene rings is 1. The maximum absolute atomic E-state index is 11.4. The van der Waals surface area contributed by atoms with Crippen LogP contribution < -0.4 is 0 Å². The number of likely N-dealkylation sites (tertiary alicyclic amines) is 1. The second-order valence-corrected chi connectivity index (χ2v) is 4.64. The summed E-state index contributed by atoms with van der Waals surface area (Å²) in [6, 6.07) is 9.52. The molecular formula is C14H19NO2. The molecule has 1 atom stereocenters. The monoisotopic (exact) mass is 233 g/mol. The third-order valence-electron chi connectivity index (χ3n) is 3.39. The third-order valence-corrected chi connectivity index (χ3v) is 3.39. The van der Waals surface area contributed by atoms with Crippen LogP contribution in [0, 0.1) is 0 Å². The average molecular weight is 233 g/mol. The fourth-order valence-electron chi connectivity index (χ4n) is 2.44. The summed E-state index contributed by atoms with van der Waals surface area (Å²) in [7, 11) is 0. The van der Waals surface area contributed by atoms with Crippen molar-refractivity contribution in [3.05, 3.63) is 35.9 Å². The molecule has 0 aromatic heterocycles. The van der Waals surface area contributed by atoms with Gasteiger partial charge in [-0.15, -0.1) is 0 Å². The number of carboxylic acids is 1. The zero-order valence-corrected chi connectivity index (χ0v) is 10.0. The standard InChI is InChI=1S/C14H19NO2/c16-14(17)13(15-9-5-2-6-10-15)11-12-7-3-1-4-8-12/h1,3-4,7-8,13H,2,5-6,9-11H2,(H,16,17)/t13-/m0/s1. The van der Waals surface area contributed by atoms with E-state index in [2.05, 4.69) is 4.90 Å². The molecule has 0 saturated carbocycles. The molecule has 17 heavy (non-hydrogen) atoms. The largest absolute Gasteiger partial charge is 0.480 e. The van der Waals surface area contributed by atoms with Crippen molar-refractivity contribution >= 4 is 5.97 Å². The molecule has 1 aliphatic heterocycles. The highest BCUT2D eigenvalue weighted by atomic mass is 16.4. The number of hydrogen-bond donors (Lipinski definition) is 1. The van der Waals surface area contributed by atoms with Gasteiger partial charge in [0.1, 0.15) is 6.04 Å². The Labute approximate surface area is 102 Å². The smallest absolute Gasteiger partial charge is 0.321 e. The van der Waals surface area contributed by atoms with Gasteiger partial charge in [-0.1, -0.05) is 36.8 Å². The number of hydrogen-bond acceptors (Lipinski definition) is 2. The van der Waals surface area contributed by atoms with E-state index in [-0.39, 0.29) is 6.04 Å². The Morgan fingerprint density at radius 2 is 1.82 bits per heavy atom. The van der Waals surface area contributed by atoms with Crippen molar-refractivity contribution in [3.63, 3.8) is 0 Å². The average Bonchev–Trinajstić information content (AvgIpc) is 2.38. The van der Waals surface area contributed by atoms with Gasteiger partial charge in [0.15, 0.2) is 0 Å². The van der Waals surface area contributed by atoms with Crippen LogP contribution in [0.15, 0.2) is 30.3 Å². The summed E-state index contributed by atoms with van der Waals surface area (Å²) in [6.45, 7) is 1.84. The maximum atomic E-state index is 11.4. The first-order valence-corrected chi connectivity index (χ1v) is 6.28. The number of nitrogens with zero attached hydrogens (tertiary/aromatic N) is 1. The van der Waals surface area contributed by atoms with Gasteiger partial charge >= 0.3 is 5.97 Å². The van der Waals surface area contributed by atoms with Gasteiger partial charge in [0.2, 0.25) is 0 Å². The van der Waals surface area contributed by atoms with Gasteiger partial charge < -0.3 is 5.11 Å². The lowest BCUT2D eigenvalue weighted by atomic mass is 10.0. The van der Waals surface area contributed by atoms with Crippen molar-refractivity contribution in [1.29, 1.82) is 0 Å². The molecule has 1 aliphatic rings. The Balaban J connectivity index is 2.04. The van der Waals surface area contributed by atoms with E-state index >= 15 is 0 Å². The van der Waals surface area contributed by atoms with E-state index in [1.165, 1.54) is 6.42 Å². The van der Waals surface area contributed by atoms with Crippen LogP contribution in [0.25, 0.3) is 0 Å². The SMILES string of the molecule is O=C(O)[C@H](Cc1ccccc1)N1CCCCC1.